The molecular formula is C23H30O5. The van der Waals surface area contributed by atoms with Gasteiger partial charge in [0, 0.05) is 12.0 Å². The van der Waals surface area contributed by atoms with Crippen molar-refractivity contribution < 1.29 is 24.9 Å². The quantitative estimate of drug-likeness (QED) is 0.541. The Labute approximate surface area is 166 Å². The van der Waals surface area contributed by atoms with Crippen molar-refractivity contribution in [2.24, 2.45) is 28.6 Å². The maximum Gasteiger partial charge on any atom is 0.342 e. The number of hydrogen-bond acceptors (Lipinski definition) is 5. The van der Waals surface area contributed by atoms with Crippen LogP contribution in [0.3, 0.4) is 0 Å². The van der Waals surface area contributed by atoms with Crippen molar-refractivity contribution in [3.63, 3.8) is 0 Å². The molecule has 1 aromatic carbocycles. The fraction of sp³-hybridized carbons (Fsp3) is 0.609. The minimum atomic E-state index is -0.576. The third-order valence-electron chi connectivity index (χ3n) is 7.42. The average Bonchev–Trinajstić information content (AvgIpc) is 2.87. The van der Waals surface area contributed by atoms with Crippen LogP contribution in [-0.4, -0.2) is 34.0 Å². The van der Waals surface area contributed by atoms with Gasteiger partial charge in [-0.3, -0.25) is 0 Å². The first kappa shape index (κ1) is 19.3. The third kappa shape index (κ3) is 2.83. The minimum Gasteiger partial charge on any atom is -0.508 e. The van der Waals surface area contributed by atoms with Crippen molar-refractivity contribution in [2.75, 3.05) is 6.61 Å². The summed E-state index contributed by atoms with van der Waals surface area (Å²) in [7, 11) is 0. The van der Waals surface area contributed by atoms with Gasteiger partial charge >= 0.3 is 5.97 Å². The number of carbonyl (C=O) groups is 1. The molecule has 0 aromatic heterocycles. The SMILES string of the molecule is Cc1cc(O)cc(O)c1C(=O)O[C@@H]1C[C@]2(C)[C@@H]3CC(C)(C)C[C@H]3C=C(CO)[C@H]12. The first-order valence-corrected chi connectivity index (χ1v) is 10.1. The number of hydrogen-bond donors (Lipinski definition) is 3. The first-order valence-electron chi connectivity index (χ1n) is 10.1. The molecule has 5 heteroatoms. The normalized spacial score (nSPS) is 35.4. The maximum absolute atomic E-state index is 12.8. The van der Waals surface area contributed by atoms with Crippen LogP contribution in [0, 0.1) is 35.5 Å². The smallest absolute Gasteiger partial charge is 0.342 e. The van der Waals surface area contributed by atoms with Crippen LogP contribution < -0.4 is 0 Å². The van der Waals surface area contributed by atoms with E-state index in [0.717, 1.165) is 30.9 Å². The summed E-state index contributed by atoms with van der Waals surface area (Å²) in [5, 5.41) is 29.7. The van der Waals surface area contributed by atoms with E-state index in [-0.39, 0.29) is 41.1 Å². The molecular weight excluding hydrogens is 356 g/mol. The van der Waals surface area contributed by atoms with Crippen LogP contribution in [-0.2, 0) is 4.74 Å². The summed E-state index contributed by atoms with van der Waals surface area (Å²) < 4.78 is 5.81. The van der Waals surface area contributed by atoms with E-state index in [0.29, 0.717) is 22.8 Å². The number of aliphatic hydroxyl groups excluding tert-OH is 1. The molecule has 2 fully saturated rings. The van der Waals surface area contributed by atoms with E-state index in [1.165, 1.54) is 6.07 Å². The highest BCUT2D eigenvalue weighted by atomic mass is 16.5. The number of phenols is 2. The highest BCUT2D eigenvalue weighted by Crippen LogP contribution is 2.66. The van der Waals surface area contributed by atoms with E-state index in [9.17, 15) is 20.1 Å². The van der Waals surface area contributed by atoms with Gasteiger partial charge in [-0.15, -0.1) is 0 Å². The molecule has 3 N–H and O–H groups in total. The average molecular weight is 386 g/mol. The predicted molar refractivity (Wildman–Crippen MR) is 105 cm³/mol. The molecule has 0 spiro atoms. The Morgan fingerprint density at radius 1 is 1.18 bits per heavy atom. The predicted octanol–water partition coefficient (Wildman–Crippen LogP) is 3.94. The fourth-order valence-electron chi connectivity index (χ4n) is 6.35. The van der Waals surface area contributed by atoms with E-state index in [4.69, 9.17) is 4.74 Å². The Kier molecular flexibility index (Phi) is 4.31. The van der Waals surface area contributed by atoms with Crippen molar-refractivity contribution in [2.45, 2.75) is 53.1 Å². The molecule has 4 rings (SSSR count). The molecule has 3 aliphatic rings. The molecule has 0 aliphatic heterocycles. The van der Waals surface area contributed by atoms with E-state index < -0.39 is 5.97 Å². The van der Waals surface area contributed by atoms with Crippen molar-refractivity contribution in [3.05, 3.63) is 34.9 Å². The molecule has 0 saturated heterocycles. The minimum absolute atomic E-state index is 0.0125. The van der Waals surface area contributed by atoms with Gasteiger partial charge in [0.25, 0.3) is 0 Å². The van der Waals surface area contributed by atoms with Gasteiger partial charge in [0.15, 0.2) is 0 Å². The van der Waals surface area contributed by atoms with Gasteiger partial charge in [-0.05, 0) is 66.1 Å². The number of aliphatic hydroxyl groups is 1. The van der Waals surface area contributed by atoms with Crippen LogP contribution in [0.15, 0.2) is 23.8 Å². The third-order valence-corrected chi connectivity index (χ3v) is 7.42. The lowest BCUT2D eigenvalue weighted by Gasteiger charge is -2.60. The standard InChI is InChI=1S/C23H30O5/c1-12-5-15(25)7-17(26)19(12)21(27)28-18-10-23(4)16-9-22(2,3)8-13(16)6-14(11-24)20(18)23/h5-7,13,16,18,20,24-26H,8-11H2,1-4H3/t13-,16-,18-,20-,23-/m1/s1. The van der Waals surface area contributed by atoms with E-state index in [2.05, 4.69) is 26.8 Å². The molecule has 2 saturated carbocycles. The summed E-state index contributed by atoms with van der Waals surface area (Å²) in [5.41, 5.74) is 1.88. The van der Waals surface area contributed by atoms with Gasteiger partial charge in [0.05, 0.1) is 6.61 Å². The van der Waals surface area contributed by atoms with E-state index in [1.54, 1.807) is 6.92 Å². The second-order valence-corrected chi connectivity index (χ2v) is 10.0. The number of rotatable bonds is 3. The Morgan fingerprint density at radius 2 is 1.89 bits per heavy atom. The van der Waals surface area contributed by atoms with Gasteiger partial charge in [-0.2, -0.15) is 0 Å². The lowest BCUT2D eigenvalue weighted by molar-refractivity contribution is -0.133. The number of carbonyl (C=O) groups excluding carboxylic acids is 1. The monoisotopic (exact) mass is 386 g/mol. The van der Waals surface area contributed by atoms with Crippen LogP contribution >= 0.6 is 0 Å². The number of ether oxygens (including phenoxy) is 1. The molecule has 1 aromatic rings. The van der Waals surface area contributed by atoms with Crippen molar-refractivity contribution in [1.29, 1.82) is 0 Å². The first-order chi connectivity index (χ1) is 13.1. The number of aromatic hydroxyl groups is 2. The van der Waals surface area contributed by atoms with Crippen LogP contribution in [0.1, 0.15) is 56.0 Å². The summed E-state index contributed by atoms with van der Waals surface area (Å²) in [6.07, 6.45) is 4.99. The maximum atomic E-state index is 12.8. The zero-order chi connectivity index (χ0) is 20.4. The summed E-state index contributed by atoms with van der Waals surface area (Å²) >= 11 is 0. The molecule has 0 bridgehead atoms. The van der Waals surface area contributed by atoms with Gasteiger partial charge in [-0.1, -0.05) is 26.8 Å². The van der Waals surface area contributed by atoms with Gasteiger partial charge in [0.1, 0.15) is 23.2 Å². The van der Waals surface area contributed by atoms with Crippen LogP contribution in [0.4, 0.5) is 0 Å². The van der Waals surface area contributed by atoms with E-state index >= 15 is 0 Å². The topological polar surface area (TPSA) is 87.0 Å². The van der Waals surface area contributed by atoms with Crippen LogP contribution in [0.25, 0.3) is 0 Å². The molecule has 0 amide bonds. The summed E-state index contributed by atoms with van der Waals surface area (Å²) in [6.45, 7) is 8.53. The molecule has 5 nitrogen and oxygen atoms in total. The second kappa shape index (κ2) is 6.24. The van der Waals surface area contributed by atoms with Gasteiger partial charge in [0.2, 0.25) is 0 Å². The summed E-state index contributed by atoms with van der Waals surface area (Å²) in [4.78, 5) is 12.8. The van der Waals surface area contributed by atoms with Crippen molar-refractivity contribution in [1.82, 2.24) is 0 Å². The van der Waals surface area contributed by atoms with Crippen molar-refractivity contribution >= 4 is 5.97 Å². The number of allylic oxidation sites excluding steroid dienone is 1. The zero-order valence-corrected chi connectivity index (χ0v) is 17.0. The van der Waals surface area contributed by atoms with Gasteiger partial charge < -0.3 is 20.1 Å². The van der Waals surface area contributed by atoms with Crippen LogP contribution in [0.2, 0.25) is 0 Å². The Hall–Kier alpha value is -2.01. The fourth-order valence-corrected chi connectivity index (χ4v) is 6.35. The highest BCUT2D eigenvalue weighted by Gasteiger charge is 2.63. The molecule has 28 heavy (non-hydrogen) atoms. The Morgan fingerprint density at radius 3 is 2.54 bits per heavy atom. The van der Waals surface area contributed by atoms with E-state index in [1.807, 2.05) is 0 Å². The lowest BCUT2D eigenvalue weighted by Crippen LogP contribution is -2.59. The lowest BCUT2D eigenvalue weighted by atomic mass is 9.47. The highest BCUT2D eigenvalue weighted by molar-refractivity contribution is 5.94. The second-order valence-electron chi connectivity index (χ2n) is 10.0. The molecule has 0 heterocycles. The number of esters is 1. The van der Waals surface area contributed by atoms with Crippen molar-refractivity contribution in [3.8, 4) is 11.5 Å². The molecule has 5 atom stereocenters. The summed E-state index contributed by atoms with van der Waals surface area (Å²) in [5.74, 6) is 0.114. The van der Waals surface area contributed by atoms with Crippen LogP contribution in [0.5, 0.6) is 11.5 Å². The summed E-state index contributed by atoms with van der Waals surface area (Å²) in [6, 6.07) is 2.59. The number of fused-ring (bicyclic) bond motifs is 3. The molecule has 0 unspecified atom stereocenters. The molecule has 3 aliphatic carbocycles. The zero-order valence-electron chi connectivity index (χ0n) is 17.0. The Balaban J connectivity index is 1.58. The number of benzene rings is 1. The largest absolute Gasteiger partial charge is 0.508 e. The molecule has 0 radical (unpaired) electrons. The molecule has 152 valence electrons. The number of phenolic OH excluding ortho intramolecular Hbond substituents is 2. The van der Waals surface area contributed by atoms with Gasteiger partial charge in [-0.25, -0.2) is 4.79 Å². The Bertz CT molecular complexity index is 832. The number of aryl methyl sites for hydroxylation is 1.